The second-order valence-corrected chi connectivity index (χ2v) is 7.03. The fourth-order valence-corrected chi connectivity index (χ4v) is 3.43. The Hall–Kier alpha value is -1.85. The van der Waals surface area contributed by atoms with Gasteiger partial charge >= 0.3 is 0 Å². The van der Waals surface area contributed by atoms with Crippen LogP contribution in [0.25, 0.3) is 10.8 Å². The number of hydrogen-bond donors (Lipinski definition) is 2. The number of anilines is 1. The van der Waals surface area contributed by atoms with Crippen LogP contribution in [-0.2, 0) is 4.79 Å². The molecule has 6 heteroatoms. The normalized spacial score (nSPS) is 16.7. The Bertz CT molecular complexity index is 808. The fraction of sp³-hybridized carbons (Fsp3) is 0.444. The van der Waals surface area contributed by atoms with Crippen molar-refractivity contribution < 1.29 is 4.79 Å². The molecule has 0 atom stereocenters. The lowest BCUT2D eigenvalue weighted by Crippen LogP contribution is -2.41. The highest BCUT2D eigenvalue weighted by atomic mass is 35.5. The third-order valence-electron chi connectivity index (χ3n) is 4.75. The molecule has 2 heterocycles. The number of nitrogens with one attached hydrogen (secondary N) is 2. The largest absolute Gasteiger partial charge is 0.329 e. The number of benzene rings is 1. The van der Waals surface area contributed by atoms with E-state index >= 15 is 0 Å². The van der Waals surface area contributed by atoms with Crippen molar-refractivity contribution >= 4 is 34.0 Å². The Balaban J connectivity index is 1.74. The van der Waals surface area contributed by atoms with E-state index in [0.717, 1.165) is 31.3 Å². The lowest BCUT2D eigenvalue weighted by atomic mass is 9.95. The maximum atomic E-state index is 12.5. The van der Waals surface area contributed by atoms with E-state index < -0.39 is 0 Å². The topological polar surface area (TPSA) is 65.2 Å². The molecule has 2 N–H and O–H groups in total. The summed E-state index contributed by atoms with van der Waals surface area (Å²) >= 11 is 6.25. The van der Waals surface area contributed by atoms with Gasteiger partial charge in [0.1, 0.15) is 0 Å². The van der Waals surface area contributed by atoms with Gasteiger partial charge in [-0.25, -0.2) is 0 Å². The van der Waals surface area contributed by atoms with Gasteiger partial charge in [0, 0.05) is 23.5 Å². The number of aromatic amines is 1. The van der Waals surface area contributed by atoms with Crippen LogP contribution in [0, 0.1) is 5.92 Å². The van der Waals surface area contributed by atoms with Crippen LogP contribution >= 0.6 is 11.6 Å². The van der Waals surface area contributed by atoms with Gasteiger partial charge in [0.05, 0.1) is 10.7 Å². The molecule has 1 aliphatic heterocycles. The summed E-state index contributed by atoms with van der Waals surface area (Å²) < 4.78 is 0. The Labute approximate surface area is 146 Å². The SMILES string of the molecule is CC(C)N1CCC(C(=O)Nc2cc3cc[nH]c(=O)c3cc2Cl)CC1. The van der Waals surface area contributed by atoms with Crippen molar-refractivity contribution in [1.82, 2.24) is 9.88 Å². The maximum Gasteiger partial charge on any atom is 0.255 e. The van der Waals surface area contributed by atoms with Crippen molar-refractivity contribution in [3.8, 4) is 0 Å². The van der Waals surface area contributed by atoms with Crippen molar-refractivity contribution in [2.75, 3.05) is 18.4 Å². The van der Waals surface area contributed by atoms with Crippen molar-refractivity contribution in [3.63, 3.8) is 0 Å². The highest BCUT2D eigenvalue weighted by molar-refractivity contribution is 6.34. The molecule has 1 amide bonds. The minimum atomic E-state index is -0.187. The number of H-pyrrole nitrogens is 1. The van der Waals surface area contributed by atoms with Gasteiger partial charge in [0.15, 0.2) is 0 Å². The number of hydrogen-bond acceptors (Lipinski definition) is 3. The maximum absolute atomic E-state index is 12.5. The molecule has 0 spiro atoms. The first kappa shape index (κ1) is 17.0. The van der Waals surface area contributed by atoms with Gasteiger partial charge in [-0.2, -0.15) is 0 Å². The Morgan fingerprint density at radius 2 is 2.04 bits per heavy atom. The highest BCUT2D eigenvalue weighted by Gasteiger charge is 2.26. The van der Waals surface area contributed by atoms with E-state index in [-0.39, 0.29) is 17.4 Å². The monoisotopic (exact) mass is 347 g/mol. The van der Waals surface area contributed by atoms with Crippen LogP contribution in [0.1, 0.15) is 26.7 Å². The number of piperidine rings is 1. The summed E-state index contributed by atoms with van der Waals surface area (Å²) in [4.78, 5) is 29.3. The number of nitrogens with zero attached hydrogens (tertiary/aromatic N) is 1. The molecule has 0 unspecified atom stereocenters. The van der Waals surface area contributed by atoms with E-state index in [0.29, 0.717) is 22.1 Å². The second-order valence-electron chi connectivity index (χ2n) is 6.62. The van der Waals surface area contributed by atoms with Gasteiger partial charge in [-0.05, 0) is 63.4 Å². The molecule has 1 saturated heterocycles. The van der Waals surface area contributed by atoms with Gasteiger partial charge < -0.3 is 15.2 Å². The van der Waals surface area contributed by atoms with E-state index in [2.05, 4.69) is 29.0 Å². The van der Waals surface area contributed by atoms with E-state index in [9.17, 15) is 9.59 Å². The Morgan fingerprint density at radius 1 is 1.33 bits per heavy atom. The van der Waals surface area contributed by atoms with Crippen LogP contribution in [0.4, 0.5) is 5.69 Å². The molecular formula is C18H22ClN3O2. The minimum absolute atomic E-state index is 0.00416. The first-order chi connectivity index (χ1) is 11.5. The van der Waals surface area contributed by atoms with Crippen LogP contribution in [0.2, 0.25) is 5.02 Å². The Morgan fingerprint density at radius 3 is 2.71 bits per heavy atom. The summed E-state index contributed by atoms with van der Waals surface area (Å²) in [5, 5.41) is 4.59. The number of fused-ring (bicyclic) bond motifs is 1. The standard InChI is InChI=1S/C18H22ClN3O2/c1-11(2)22-7-4-12(5-8-22)17(23)21-16-9-13-3-6-20-18(24)14(13)10-15(16)19/h3,6,9-12H,4-5,7-8H2,1-2H3,(H,20,24)(H,21,23). The molecule has 128 valence electrons. The summed E-state index contributed by atoms with van der Waals surface area (Å²) in [6, 6.07) is 5.67. The average molecular weight is 348 g/mol. The van der Waals surface area contributed by atoms with Crippen LogP contribution in [0.3, 0.4) is 0 Å². The van der Waals surface area contributed by atoms with E-state index in [1.54, 1.807) is 24.4 Å². The molecule has 1 fully saturated rings. The third-order valence-corrected chi connectivity index (χ3v) is 5.06. The molecule has 24 heavy (non-hydrogen) atoms. The summed E-state index contributed by atoms with van der Waals surface area (Å²) in [7, 11) is 0. The van der Waals surface area contributed by atoms with Crippen molar-refractivity contribution in [1.29, 1.82) is 0 Å². The molecule has 1 aliphatic rings. The quantitative estimate of drug-likeness (QED) is 0.895. The molecule has 0 aliphatic carbocycles. The predicted octanol–water partition coefficient (Wildman–Crippen LogP) is 3.24. The zero-order valence-electron chi connectivity index (χ0n) is 13.9. The van der Waals surface area contributed by atoms with Gasteiger partial charge in [0.2, 0.25) is 5.91 Å². The van der Waals surface area contributed by atoms with Crippen LogP contribution in [0.5, 0.6) is 0 Å². The van der Waals surface area contributed by atoms with Crippen LogP contribution in [-0.4, -0.2) is 34.9 Å². The second kappa shape index (κ2) is 6.95. The number of carbonyl (C=O) groups is 1. The smallest absolute Gasteiger partial charge is 0.255 e. The number of aromatic nitrogens is 1. The Kier molecular flexibility index (Phi) is 4.92. The molecule has 2 aromatic rings. The summed E-state index contributed by atoms with van der Waals surface area (Å²) in [6.45, 7) is 6.24. The van der Waals surface area contributed by atoms with Crippen LogP contribution < -0.4 is 10.9 Å². The number of amides is 1. The highest BCUT2D eigenvalue weighted by Crippen LogP contribution is 2.28. The molecule has 3 rings (SSSR count). The number of pyridine rings is 1. The zero-order valence-corrected chi connectivity index (χ0v) is 14.7. The van der Waals surface area contributed by atoms with Gasteiger partial charge in [-0.3, -0.25) is 9.59 Å². The number of rotatable bonds is 3. The minimum Gasteiger partial charge on any atom is -0.329 e. The molecule has 0 radical (unpaired) electrons. The van der Waals surface area contributed by atoms with Gasteiger partial charge in [-0.15, -0.1) is 0 Å². The molecule has 0 saturated carbocycles. The van der Waals surface area contributed by atoms with Crippen molar-refractivity contribution in [2.24, 2.45) is 5.92 Å². The molecule has 1 aromatic carbocycles. The lowest BCUT2D eigenvalue weighted by Gasteiger charge is -2.34. The van der Waals surface area contributed by atoms with E-state index in [1.807, 2.05) is 0 Å². The summed E-state index contributed by atoms with van der Waals surface area (Å²) in [6.07, 6.45) is 3.30. The van der Waals surface area contributed by atoms with E-state index in [4.69, 9.17) is 11.6 Å². The zero-order chi connectivity index (χ0) is 17.3. The fourth-order valence-electron chi connectivity index (χ4n) is 3.22. The number of carbonyl (C=O) groups excluding carboxylic acids is 1. The van der Waals surface area contributed by atoms with Crippen molar-refractivity contribution in [3.05, 3.63) is 39.8 Å². The van der Waals surface area contributed by atoms with Gasteiger partial charge in [0.25, 0.3) is 5.56 Å². The number of likely N-dealkylation sites (tertiary alicyclic amines) is 1. The lowest BCUT2D eigenvalue weighted by molar-refractivity contribution is -0.121. The average Bonchev–Trinajstić information content (AvgIpc) is 2.56. The first-order valence-corrected chi connectivity index (χ1v) is 8.69. The summed E-state index contributed by atoms with van der Waals surface area (Å²) in [5.41, 5.74) is 0.374. The summed E-state index contributed by atoms with van der Waals surface area (Å²) in [5.74, 6) is 0.00966. The molecule has 1 aromatic heterocycles. The van der Waals surface area contributed by atoms with Crippen molar-refractivity contribution in [2.45, 2.75) is 32.7 Å². The van der Waals surface area contributed by atoms with E-state index in [1.165, 1.54) is 0 Å². The first-order valence-electron chi connectivity index (χ1n) is 8.31. The van der Waals surface area contributed by atoms with Gasteiger partial charge in [-0.1, -0.05) is 11.6 Å². The molecule has 0 bridgehead atoms. The number of halogens is 1. The third kappa shape index (κ3) is 3.47. The molecular weight excluding hydrogens is 326 g/mol. The molecule has 5 nitrogen and oxygen atoms in total. The predicted molar refractivity (Wildman–Crippen MR) is 97.6 cm³/mol. The van der Waals surface area contributed by atoms with Crippen LogP contribution in [0.15, 0.2) is 29.2 Å².